The van der Waals surface area contributed by atoms with Crippen LogP contribution in [0.5, 0.6) is 0 Å². The minimum Gasteiger partial charge on any atom is -0.340 e. The molecular weight excluding hydrogens is 811 g/mol. The van der Waals surface area contributed by atoms with E-state index >= 15 is 0 Å². The number of carbonyl (C=O) groups is 2. The van der Waals surface area contributed by atoms with Crippen molar-refractivity contribution in [2.75, 3.05) is 92.1 Å². The van der Waals surface area contributed by atoms with Crippen molar-refractivity contribution in [3.63, 3.8) is 0 Å². The lowest BCUT2D eigenvalue weighted by molar-refractivity contribution is -0.133. The highest BCUT2D eigenvalue weighted by Crippen LogP contribution is 2.14. The summed E-state index contributed by atoms with van der Waals surface area (Å²) >= 11 is 0. The summed E-state index contributed by atoms with van der Waals surface area (Å²) in [7, 11) is 2.16. The van der Waals surface area contributed by atoms with E-state index in [-0.39, 0.29) is 0 Å². The summed E-state index contributed by atoms with van der Waals surface area (Å²) in [6.07, 6.45) is 51.9. The first-order valence-electron chi connectivity index (χ1n) is 30.0. The molecular formula is C59H121N5O2. The second-order valence-corrected chi connectivity index (χ2v) is 20.9. The van der Waals surface area contributed by atoms with Crippen LogP contribution in [-0.2, 0) is 9.59 Å². The van der Waals surface area contributed by atoms with Crippen LogP contribution in [-0.4, -0.2) is 129 Å². The van der Waals surface area contributed by atoms with Crippen LogP contribution in [0.25, 0.3) is 0 Å². The molecule has 7 heteroatoms. The molecule has 0 atom stereocenters. The van der Waals surface area contributed by atoms with Crippen LogP contribution in [0.4, 0.5) is 0 Å². The second kappa shape index (κ2) is 53.3. The zero-order valence-corrected chi connectivity index (χ0v) is 46.2. The number of piperazine rings is 1. The Bertz CT molecular complexity index is 923. The minimum atomic E-state index is 0.372. The topological polar surface area (TPSA) is 50.3 Å². The first kappa shape index (κ1) is 65.0. The van der Waals surface area contributed by atoms with Gasteiger partial charge >= 0.3 is 0 Å². The van der Waals surface area contributed by atoms with E-state index in [0.717, 1.165) is 52.1 Å². The third-order valence-corrected chi connectivity index (χ3v) is 14.4. The third-order valence-electron chi connectivity index (χ3n) is 14.4. The Morgan fingerprint density at radius 1 is 0.348 bits per heavy atom. The maximum Gasteiger partial charge on any atom is 0.223 e. The third kappa shape index (κ3) is 45.4. The Morgan fingerprint density at radius 2 is 0.606 bits per heavy atom. The van der Waals surface area contributed by atoms with Gasteiger partial charge in [-0.1, -0.05) is 227 Å². The highest BCUT2D eigenvalue weighted by Gasteiger charge is 2.20. The molecule has 1 fully saturated rings. The number of aldehydes is 1. The van der Waals surface area contributed by atoms with Crippen molar-refractivity contribution < 1.29 is 9.59 Å². The second-order valence-electron chi connectivity index (χ2n) is 20.9. The van der Waals surface area contributed by atoms with Crippen molar-refractivity contribution in [2.45, 2.75) is 279 Å². The predicted octanol–water partition coefficient (Wildman–Crippen LogP) is 15.8. The fourth-order valence-corrected chi connectivity index (χ4v) is 9.69. The smallest absolute Gasteiger partial charge is 0.223 e. The van der Waals surface area contributed by atoms with Gasteiger partial charge in [-0.15, -0.1) is 0 Å². The number of rotatable bonds is 50. The first-order valence-corrected chi connectivity index (χ1v) is 30.0. The van der Waals surface area contributed by atoms with E-state index in [1.54, 1.807) is 0 Å². The van der Waals surface area contributed by atoms with Gasteiger partial charge in [-0.05, 0) is 91.4 Å². The van der Waals surface area contributed by atoms with Crippen LogP contribution in [0, 0.1) is 0 Å². The van der Waals surface area contributed by atoms with E-state index in [1.165, 1.54) is 270 Å². The molecule has 7 nitrogen and oxygen atoms in total. The van der Waals surface area contributed by atoms with Crippen molar-refractivity contribution in [3.8, 4) is 0 Å². The quantitative estimate of drug-likeness (QED) is 0.0447. The number of amides is 1. The summed E-state index contributed by atoms with van der Waals surface area (Å²) in [6.45, 7) is 25.7. The zero-order valence-electron chi connectivity index (χ0n) is 46.2. The van der Waals surface area contributed by atoms with Gasteiger partial charge in [-0.3, -0.25) is 4.79 Å². The van der Waals surface area contributed by atoms with E-state index in [0.29, 0.717) is 18.7 Å². The normalized spacial score (nSPS) is 13.3. The average Bonchev–Trinajstić information content (AvgIpc) is 3.33. The van der Waals surface area contributed by atoms with E-state index in [1.807, 2.05) is 0 Å². The molecule has 0 radical (unpaired) electrons. The number of likely N-dealkylation sites (N-methyl/N-ethyl adjacent to an activating group) is 1. The van der Waals surface area contributed by atoms with Crippen LogP contribution in [0.1, 0.15) is 279 Å². The molecule has 0 aliphatic carbocycles. The molecule has 0 unspecified atom stereocenters. The van der Waals surface area contributed by atoms with Crippen LogP contribution >= 0.6 is 0 Å². The van der Waals surface area contributed by atoms with Crippen LogP contribution < -0.4 is 0 Å². The standard InChI is InChI=1S/C38H78N4O.C21H43NO/c1-5-8-11-14-17-20-23-28-40(29-24-21-18-15-12-9-6-2)31-26-32-41(30-25-22-19-16-13-10-7-3)33-27-38(43)42-36-34-39(4)35-37-42;1-3-5-7-9-11-13-15-18-22(20-17-21-23)19-16-14-12-10-8-6-4-2/h5-37H2,1-4H3;21H,3-20H2,1-2H3. The van der Waals surface area contributed by atoms with E-state index < -0.39 is 0 Å². The van der Waals surface area contributed by atoms with Gasteiger partial charge in [-0.2, -0.15) is 0 Å². The van der Waals surface area contributed by atoms with Gasteiger partial charge in [-0.25, -0.2) is 0 Å². The molecule has 394 valence electrons. The molecule has 1 rings (SSSR count). The number of hydrogen-bond acceptors (Lipinski definition) is 6. The van der Waals surface area contributed by atoms with Crippen molar-refractivity contribution in [1.29, 1.82) is 0 Å². The molecule has 0 aromatic carbocycles. The summed E-state index contributed by atoms with van der Waals surface area (Å²) in [4.78, 5) is 36.0. The maximum absolute atomic E-state index is 13.0. The Labute approximate surface area is 415 Å². The van der Waals surface area contributed by atoms with Gasteiger partial charge in [0.25, 0.3) is 0 Å². The highest BCUT2D eigenvalue weighted by atomic mass is 16.2. The molecule has 1 heterocycles. The lowest BCUT2D eigenvalue weighted by Gasteiger charge is -2.33. The minimum absolute atomic E-state index is 0.372. The number of hydrogen-bond donors (Lipinski definition) is 0. The van der Waals surface area contributed by atoms with E-state index in [4.69, 9.17) is 0 Å². The fraction of sp³-hybridized carbons (Fsp3) is 0.966. The Morgan fingerprint density at radius 3 is 0.909 bits per heavy atom. The molecule has 1 aliphatic heterocycles. The van der Waals surface area contributed by atoms with E-state index in [9.17, 15) is 9.59 Å². The molecule has 1 amide bonds. The summed E-state index contributed by atoms with van der Waals surface area (Å²) in [5, 5.41) is 0. The van der Waals surface area contributed by atoms with Gasteiger partial charge in [0.2, 0.25) is 5.91 Å². The molecule has 0 aromatic rings. The molecule has 0 spiro atoms. The Kier molecular flexibility index (Phi) is 52.5. The molecule has 0 aromatic heterocycles. The lowest BCUT2D eigenvalue weighted by atomic mass is 10.1. The predicted molar refractivity (Wildman–Crippen MR) is 293 cm³/mol. The number of nitrogens with zero attached hydrogens (tertiary/aromatic N) is 5. The van der Waals surface area contributed by atoms with Crippen molar-refractivity contribution >= 4 is 12.2 Å². The number of unbranched alkanes of at least 4 members (excludes halogenated alkanes) is 30. The molecule has 0 bridgehead atoms. The van der Waals surface area contributed by atoms with Gasteiger partial charge < -0.3 is 29.3 Å². The van der Waals surface area contributed by atoms with Crippen molar-refractivity contribution in [3.05, 3.63) is 0 Å². The monoisotopic (exact) mass is 932 g/mol. The molecule has 66 heavy (non-hydrogen) atoms. The average molecular weight is 933 g/mol. The maximum atomic E-state index is 13.0. The van der Waals surface area contributed by atoms with E-state index in [2.05, 4.69) is 66.2 Å². The Balaban J connectivity index is 0.00000155. The van der Waals surface area contributed by atoms with Gasteiger partial charge in [0, 0.05) is 52.1 Å². The molecule has 1 aliphatic rings. The summed E-state index contributed by atoms with van der Waals surface area (Å²) in [5.41, 5.74) is 0. The Hall–Kier alpha value is -1.02. The summed E-state index contributed by atoms with van der Waals surface area (Å²) < 4.78 is 0. The SMILES string of the molecule is CCCCCCCCCN(CCC=O)CCCCCCCCC.CCCCCCCCCN(CCCCCCCCC)CCCN(CCCCCCCCC)CCC(=O)N1CCN(C)CC1. The molecule has 0 saturated carbocycles. The zero-order chi connectivity index (χ0) is 48.2. The number of carbonyl (C=O) groups excluding carboxylic acids is 2. The fourth-order valence-electron chi connectivity index (χ4n) is 9.69. The largest absolute Gasteiger partial charge is 0.340 e. The molecule has 1 saturated heterocycles. The van der Waals surface area contributed by atoms with Crippen LogP contribution in [0.3, 0.4) is 0 Å². The van der Waals surface area contributed by atoms with Crippen LogP contribution in [0.15, 0.2) is 0 Å². The van der Waals surface area contributed by atoms with Crippen molar-refractivity contribution in [1.82, 2.24) is 24.5 Å². The van der Waals surface area contributed by atoms with Crippen LogP contribution in [0.2, 0.25) is 0 Å². The van der Waals surface area contributed by atoms with Crippen molar-refractivity contribution in [2.24, 2.45) is 0 Å². The summed E-state index contributed by atoms with van der Waals surface area (Å²) in [5.74, 6) is 0.372. The van der Waals surface area contributed by atoms with Gasteiger partial charge in [0.1, 0.15) is 6.29 Å². The molecule has 0 N–H and O–H groups in total. The van der Waals surface area contributed by atoms with Gasteiger partial charge in [0.15, 0.2) is 0 Å². The first-order chi connectivity index (χ1) is 32.4. The van der Waals surface area contributed by atoms with Gasteiger partial charge in [0.05, 0.1) is 0 Å². The highest BCUT2D eigenvalue weighted by molar-refractivity contribution is 5.76. The summed E-state index contributed by atoms with van der Waals surface area (Å²) in [6, 6.07) is 0. The lowest BCUT2D eigenvalue weighted by Crippen LogP contribution is -2.47.